The second kappa shape index (κ2) is 2.41. The van der Waals surface area contributed by atoms with Crippen LogP contribution < -0.4 is 10.5 Å². The first-order chi connectivity index (χ1) is 5.68. The van der Waals surface area contributed by atoms with Gasteiger partial charge in [0.1, 0.15) is 11.9 Å². The standard InChI is InChI=1S/C10H13NO/c1-6-3-4-8-5-7(2)12-10(8)9(6)11/h3-4,7H,5,11H2,1-2H3. The van der Waals surface area contributed by atoms with Crippen LogP contribution >= 0.6 is 0 Å². The number of fused-ring (bicyclic) bond motifs is 1. The van der Waals surface area contributed by atoms with Gasteiger partial charge in [-0.1, -0.05) is 12.1 Å². The first-order valence-electron chi connectivity index (χ1n) is 4.23. The van der Waals surface area contributed by atoms with E-state index in [9.17, 15) is 0 Å². The number of anilines is 1. The molecule has 0 saturated heterocycles. The van der Waals surface area contributed by atoms with Gasteiger partial charge >= 0.3 is 0 Å². The highest BCUT2D eigenvalue weighted by molar-refractivity contribution is 5.63. The third-order valence-electron chi connectivity index (χ3n) is 2.32. The third-order valence-corrected chi connectivity index (χ3v) is 2.32. The third kappa shape index (κ3) is 0.951. The molecule has 1 aromatic carbocycles. The van der Waals surface area contributed by atoms with Crippen molar-refractivity contribution in [3.8, 4) is 5.75 Å². The highest BCUT2D eigenvalue weighted by Gasteiger charge is 2.21. The summed E-state index contributed by atoms with van der Waals surface area (Å²) in [4.78, 5) is 0. The number of hydrogen-bond acceptors (Lipinski definition) is 2. The van der Waals surface area contributed by atoms with Crippen LogP contribution in [0.3, 0.4) is 0 Å². The Balaban J connectivity index is 2.54. The van der Waals surface area contributed by atoms with Crippen LogP contribution in [0.4, 0.5) is 5.69 Å². The van der Waals surface area contributed by atoms with E-state index in [1.165, 1.54) is 5.56 Å². The number of hydrogen-bond donors (Lipinski definition) is 1. The fourth-order valence-electron chi connectivity index (χ4n) is 1.60. The molecule has 0 fully saturated rings. The maximum Gasteiger partial charge on any atom is 0.146 e. The minimum absolute atomic E-state index is 0.282. The summed E-state index contributed by atoms with van der Waals surface area (Å²) in [5, 5.41) is 0. The van der Waals surface area contributed by atoms with E-state index in [-0.39, 0.29) is 6.10 Å². The number of nitrogens with two attached hydrogens (primary N) is 1. The van der Waals surface area contributed by atoms with E-state index < -0.39 is 0 Å². The molecule has 0 aromatic heterocycles. The van der Waals surface area contributed by atoms with Gasteiger partial charge in [-0.15, -0.1) is 0 Å². The summed E-state index contributed by atoms with van der Waals surface area (Å²) in [6.07, 6.45) is 1.27. The first-order valence-corrected chi connectivity index (χ1v) is 4.23. The van der Waals surface area contributed by atoms with Crippen molar-refractivity contribution in [3.05, 3.63) is 23.3 Å². The van der Waals surface area contributed by atoms with Gasteiger partial charge in [0.2, 0.25) is 0 Å². The molecule has 1 aliphatic heterocycles. The summed E-state index contributed by atoms with van der Waals surface area (Å²) in [6.45, 7) is 4.07. The molecule has 2 N–H and O–H groups in total. The molecular formula is C10H13NO. The summed E-state index contributed by atoms with van der Waals surface area (Å²) >= 11 is 0. The van der Waals surface area contributed by atoms with Crippen LogP contribution in [0.15, 0.2) is 12.1 Å². The number of benzene rings is 1. The van der Waals surface area contributed by atoms with Crippen molar-refractivity contribution >= 4 is 5.69 Å². The molecule has 0 aliphatic carbocycles. The molecule has 2 heteroatoms. The number of ether oxygens (including phenoxy) is 1. The molecule has 12 heavy (non-hydrogen) atoms. The Morgan fingerprint density at radius 2 is 2.25 bits per heavy atom. The van der Waals surface area contributed by atoms with Gasteiger partial charge in [-0.25, -0.2) is 0 Å². The largest absolute Gasteiger partial charge is 0.488 e. The average Bonchev–Trinajstić information content (AvgIpc) is 2.39. The van der Waals surface area contributed by atoms with Crippen molar-refractivity contribution in [1.82, 2.24) is 0 Å². The Hall–Kier alpha value is -1.18. The van der Waals surface area contributed by atoms with E-state index in [2.05, 4.69) is 19.1 Å². The second-order valence-electron chi connectivity index (χ2n) is 3.42. The lowest BCUT2D eigenvalue weighted by molar-refractivity contribution is 0.256. The molecule has 0 saturated carbocycles. The van der Waals surface area contributed by atoms with Gasteiger partial charge < -0.3 is 10.5 Å². The molecule has 1 aliphatic rings. The van der Waals surface area contributed by atoms with Crippen LogP contribution in [-0.4, -0.2) is 6.10 Å². The zero-order chi connectivity index (χ0) is 8.72. The smallest absolute Gasteiger partial charge is 0.146 e. The van der Waals surface area contributed by atoms with Crippen molar-refractivity contribution in [1.29, 1.82) is 0 Å². The van der Waals surface area contributed by atoms with Crippen LogP contribution in [0.1, 0.15) is 18.1 Å². The van der Waals surface area contributed by atoms with Gasteiger partial charge in [0.15, 0.2) is 0 Å². The zero-order valence-electron chi connectivity index (χ0n) is 7.42. The van der Waals surface area contributed by atoms with E-state index in [1.54, 1.807) is 0 Å². The summed E-state index contributed by atoms with van der Waals surface area (Å²) in [6, 6.07) is 4.15. The van der Waals surface area contributed by atoms with E-state index in [0.29, 0.717) is 0 Å². The molecule has 2 rings (SSSR count). The summed E-state index contributed by atoms with van der Waals surface area (Å²) < 4.78 is 5.59. The molecule has 1 unspecified atom stereocenters. The van der Waals surface area contributed by atoms with Gasteiger partial charge in [-0.2, -0.15) is 0 Å². The van der Waals surface area contributed by atoms with Crippen LogP contribution in [0.25, 0.3) is 0 Å². The van der Waals surface area contributed by atoms with Gasteiger partial charge in [-0.05, 0) is 25.0 Å². The first kappa shape index (κ1) is 7.47. The Morgan fingerprint density at radius 3 is 3.00 bits per heavy atom. The van der Waals surface area contributed by atoms with Crippen molar-refractivity contribution in [2.24, 2.45) is 0 Å². The van der Waals surface area contributed by atoms with Gasteiger partial charge in [-0.3, -0.25) is 0 Å². The van der Waals surface area contributed by atoms with E-state index in [4.69, 9.17) is 10.5 Å². The molecule has 2 nitrogen and oxygen atoms in total. The predicted octanol–water partition coefficient (Wildman–Crippen LogP) is 1.90. The van der Waals surface area contributed by atoms with Crippen molar-refractivity contribution in [2.75, 3.05) is 5.73 Å². The Morgan fingerprint density at radius 1 is 1.50 bits per heavy atom. The minimum Gasteiger partial charge on any atom is -0.488 e. The number of aryl methyl sites for hydroxylation is 1. The van der Waals surface area contributed by atoms with Gasteiger partial charge in [0, 0.05) is 6.42 Å². The molecule has 0 bridgehead atoms. The van der Waals surface area contributed by atoms with Crippen molar-refractivity contribution in [3.63, 3.8) is 0 Å². The van der Waals surface area contributed by atoms with E-state index in [1.807, 2.05) is 6.92 Å². The molecule has 0 spiro atoms. The molecule has 0 amide bonds. The molecular weight excluding hydrogens is 150 g/mol. The Bertz CT molecular complexity index is 320. The molecule has 1 aromatic rings. The van der Waals surface area contributed by atoms with Crippen LogP contribution in [-0.2, 0) is 6.42 Å². The van der Waals surface area contributed by atoms with Crippen LogP contribution in [0, 0.1) is 6.92 Å². The van der Waals surface area contributed by atoms with Gasteiger partial charge in [0.25, 0.3) is 0 Å². The normalized spacial score (nSPS) is 20.3. The summed E-state index contributed by atoms with van der Waals surface area (Å²) in [5.74, 6) is 0.905. The monoisotopic (exact) mass is 163 g/mol. The molecule has 0 radical (unpaired) electrons. The SMILES string of the molecule is Cc1ccc2c(c1N)OC(C)C2. The van der Waals surface area contributed by atoms with Crippen LogP contribution in [0.5, 0.6) is 5.75 Å². The predicted molar refractivity (Wildman–Crippen MR) is 49.4 cm³/mol. The fraction of sp³-hybridized carbons (Fsp3) is 0.400. The topological polar surface area (TPSA) is 35.2 Å². The van der Waals surface area contributed by atoms with Gasteiger partial charge in [0.05, 0.1) is 5.69 Å². The average molecular weight is 163 g/mol. The lowest BCUT2D eigenvalue weighted by Crippen LogP contribution is -2.06. The number of nitrogen functional groups attached to an aromatic ring is 1. The quantitative estimate of drug-likeness (QED) is 0.593. The second-order valence-corrected chi connectivity index (χ2v) is 3.42. The fourth-order valence-corrected chi connectivity index (χ4v) is 1.60. The maximum absolute atomic E-state index is 5.87. The summed E-state index contributed by atoms with van der Waals surface area (Å²) in [5.41, 5.74) is 9.01. The van der Waals surface area contributed by atoms with Crippen molar-refractivity contribution < 1.29 is 4.74 Å². The highest BCUT2D eigenvalue weighted by Crippen LogP contribution is 2.36. The highest BCUT2D eigenvalue weighted by atomic mass is 16.5. The lowest BCUT2D eigenvalue weighted by Gasteiger charge is -2.07. The van der Waals surface area contributed by atoms with Crippen molar-refractivity contribution in [2.45, 2.75) is 26.4 Å². The van der Waals surface area contributed by atoms with E-state index >= 15 is 0 Å². The van der Waals surface area contributed by atoms with Crippen LogP contribution in [0.2, 0.25) is 0 Å². The minimum atomic E-state index is 0.282. The Labute approximate surface area is 72.3 Å². The van der Waals surface area contributed by atoms with E-state index in [0.717, 1.165) is 23.4 Å². The number of rotatable bonds is 0. The Kier molecular flexibility index (Phi) is 1.50. The zero-order valence-corrected chi connectivity index (χ0v) is 7.42. The maximum atomic E-state index is 5.87. The lowest BCUT2D eigenvalue weighted by atomic mass is 10.1. The molecule has 1 atom stereocenters. The summed E-state index contributed by atoms with van der Waals surface area (Å²) in [7, 11) is 0. The molecule has 64 valence electrons. The molecule has 1 heterocycles.